The number of aromatic hydroxyl groups is 1. The second kappa shape index (κ2) is 6.16. The third kappa shape index (κ3) is 2.68. The number of aromatic nitrogens is 3. The lowest BCUT2D eigenvalue weighted by atomic mass is 10.0. The van der Waals surface area contributed by atoms with Gasteiger partial charge in [0, 0.05) is 5.56 Å². The van der Waals surface area contributed by atoms with Gasteiger partial charge in [-0.1, -0.05) is 41.7 Å². The van der Waals surface area contributed by atoms with E-state index in [-0.39, 0.29) is 11.9 Å². The van der Waals surface area contributed by atoms with Crippen LogP contribution in [0.15, 0.2) is 30.3 Å². The standard InChI is InChI=1S/C17H21N5OS/c1-12-18-17-22(19-12)16(23)15(24-17)14(13-6-4-3-5-7-13)21-10-8-20(2)9-11-21/h3-7,14,23H,8-11H2,1-2H3/p+2/t14-/m1/s1. The molecule has 0 aliphatic carbocycles. The van der Waals surface area contributed by atoms with Crippen LogP contribution in [0.1, 0.15) is 22.3 Å². The van der Waals surface area contributed by atoms with Gasteiger partial charge in [0.15, 0.2) is 6.04 Å². The van der Waals surface area contributed by atoms with Crippen molar-refractivity contribution in [3.8, 4) is 5.88 Å². The van der Waals surface area contributed by atoms with Gasteiger partial charge in [0.05, 0.1) is 7.05 Å². The molecule has 2 aromatic heterocycles. The van der Waals surface area contributed by atoms with Gasteiger partial charge in [-0.25, -0.2) is 4.98 Å². The van der Waals surface area contributed by atoms with Crippen molar-refractivity contribution >= 4 is 16.3 Å². The topological polar surface area (TPSA) is 59.3 Å². The van der Waals surface area contributed by atoms with Crippen LogP contribution in [0.5, 0.6) is 5.88 Å². The zero-order valence-electron chi connectivity index (χ0n) is 14.0. The fraction of sp³-hybridized carbons (Fsp3) is 0.412. The SMILES string of the molecule is Cc1nc2sc([C@@H](c3ccccc3)[NH+]3CC[NH+](C)CC3)c(O)n2n1. The first kappa shape index (κ1) is 15.6. The number of hydrogen-bond acceptors (Lipinski definition) is 4. The minimum Gasteiger partial charge on any atom is -0.492 e. The van der Waals surface area contributed by atoms with Crippen molar-refractivity contribution in [1.29, 1.82) is 0 Å². The molecule has 1 aromatic carbocycles. The molecule has 1 saturated heterocycles. The lowest BCUT2D eigenvalue weighted by Gasteiger charge is -2.33. The molecule has 0 spiro atoms. The Morgan fingerprint density at radius 1 is 1.17 bits per heavy atom. The molecule has 3 aromatic rings. The third-order valence-electron chi connectivity index (χ3n) is 4.85. The van der Waals surface area contributed by atoms with Crippen molar-refractivity contribution < 1.29 is 14.9 Å². The fourth-order valence-corrected chi connectivity index (χ4v) is 4.73. The van der Waals surface area contributed by atoms with Crippen LogP contribution >= 0.6 is 11.3 Å². The zero-order valence-corrected chi connectivity index (χ0v) is 14.8. The molecule has 3 heterocycles. The number of rotatable bonds is 3. The average molecular weight is 345 g/mol. The van der Waals surface area contributed by atoms with Crippen LogP contribution in [0.25, 0.3) is 4.96 Å². The normalized spacial score (nSPS) is 22.8. The number of nitrogens with zero attached hydrogens (tertiary/aromatic N) is 3. The molecule has 6 nitrogen and oxygen atoms in total. The highest BCUT2D eigenvalue weighted by molar-refractivity contribution is 7.17. The highest BCUT2D eigenvalue weighted by Crippen LogP contribution is 2.34. The van der Waals surface area contributed by atoms with Crippen molar-refractivity contribution in [2.75, 3.05) is 33.2 Å². The Bertz CT molecular complexity index is 835. The molecule has 1 atom stereocenters. The number of thiazole rings is 1. The number of fused-ring (bicyclic) bond motifs is 1. The largest absolute Gasteiger partial charge is 0.492 e. The molecule has 24 heavy (non-hydrogen) atoms. The lowest BCUT2D eigenvalue weighted by Crippen LogP contribution is -3.27. The van der Waals surface area contributed by atoms with E-state index in [0.29, 0.717) is 5.82 Å². The maximum atomic E-state index is 10.8. The molecule has 0 saturated carbocycles. The van der Waals surface area contributed by atoms with E-state index < -0.39 is 0 Å². The van der Waals surface area contributed by atoms with Crippen molar-refractivity contribution in [3.63, 3.8) is 0 Å². The summed E-state index contributed by atoms with van der Waals surface area (Å²) in [6.07, 6.45) is 0. The van der Waals surface area contributed by atoms with E-state index in [1.165, 1.54) is 10.5 Å². The Hall–Kier alpha value is -1.96. The quantitative estimate of drug-likeness (QED) is 0.589. The number of benzene rings is 1. The summed E-state index contributed by atoms with van der Waals surface area (Å²) >= 11 is 1.55. The van der Waals surface area contributed by atoms with Gasteiger partial charge in [0.2, 0.25) is 10.8 Å². The van der Waals surface area contributed by atoms with Crippen LogP contribution in [0.3, 0.4) is 0 Å². The Morgan fingerprint density at radius 3 is 2.54 bits per heavy atom. The van der Waals surface area contributed by atoms with Crippen molar-refractivity contribution in [2.24, 2.45) is 0 Å². The fourth-order valence-electron chi connectivity index (χ4n) is 3.54. The summed E-state index contributed by atoms with van der Waals surface area (Å²) in [5.74, 6) is 0.929. The summed E-state index contributed by atoms with van der Waals surface area (Å²) < 4.78 is 1.58. The predicted molar refractivity (Wildman–Crippen MR) is 92.9 cm³/mol. The predicted octanol–water partition coefficient (Wildman–Crippen LogP) is -0.693. The van der Waals surface area contributed by atoms with Crippen molar-refractivity contribution in [1.82, 2.24) is 14.6 Å². The van der Waals surface area contributed by atoms with E-state index in [1.54, 1.807) is 20.8 Å². The second-order valence-electron chi connectivity index (χ2n) is 6.60. The highest BCUT2D eigenvalue weighted by atomic mass is 32.1. The van der Waals surface area contributed by atoms with E-state index >= 15 is 0 Å². The summed E-state index contributed by atoms with van der Waals surface area (Å²) in [5.41, 5.74) is 1.24. The number of aryl methyl sites for hydroxylation is 1. The summed E-state index contributed by atoms with van der Waals surface area (Å²) in [6, 6.07) is 10.6. The molecule has 1 aliphatic rings. The number of quaternary nitrogens is 2. The molecule has 4 rings (SSSR count). The molecule has 0 amide bonds. The van der Waals surface area contributed by atoms with Crippen LogP contribution in [0.2, 0.25) is 0 Å². The summed E-state index contributed by atoms with van der Waals surface area (Å²) in [7, 11) is 2.25. The van der Waals surface area contributed by atoms with Crippen LogP contribution in [-0.2, 0) is 0 Å². The van der Waals surface area contributed by atoms with E-state index in [4.69, 9.17) is 0 Å². The molecule has 3 N–H and O–H groups in total. The van der Waals surface area contributed by atoms with Gasteiger partial charge < -0.3 is 14.9 Å². The van der Waals surface area contributed by atoms with E-state index in [9.17, 15) is 5.11 Å². The molecule has 126 valence electrons. The van der Waals surface area contributed by atoms with Gasteiger partial charge >= 0.3 is 0 Å². The maximum absolute atomic E-state index is 10.8. The van der Waals surface area contributed by atoms with Gasteiger partial charge in [-0.05, 0) is 6.92 Å². The monoisotopic (exact) mass is 345 g/mol. The molecular formula is C17H23N5OS+2. The Kier molecular flexibility index (Phi) is 3.99. The molecule has 0 radical (unpaired) electrons. The van der Waals surface area contributed by atoms with Crippen LogP contribution < -0.4 is 9.80 Å². The van der Waals surface area contributed by atoms with Gasteiger partial charge in [-0.15, -0.1) is 5.10 Å². The number of hydrogen-bond donors (Lipinski definition) is 3. The highest BCUT2D eigenvalue weighted by Gasteiger charge is 2.35. The molecule has 0 bridgehead atoms. The molecule has 0 unspecified atom stereocenters. The first-order valence-corrected chi connectivity index (χ1v) is 9.21. The first-order valence-electron chi connectivity index (χ1n) is 8.39. The Balaban J connectivity index is 1.79. The Labute approximate surface area is 145 Å². The van der Waals surface area contributed by atoms with Gasteiger partial charge in [0.1, 0.15) is 36.9 Å². The molecule has 7 heteroatoms. The van der Waals surface area contributed by atoms with E-state index in [0.717, 1.165) is 36.0 Å². The minimum atomic E-state index is 0.133. The van der Waals surface area contributed by atoms with Gasteiger partial charge in [-0.3, -0.25) is 0 Å². The van der Waals surface area contributed by atoms with Crippen LogP contribution in [0, 0.1) is 6.92 Å². The molecule has 1 fully saturated rings. The van der Waals surface area contributed by atoms with Crippen molar-refractivity contribution in [3.05, 3.63) is 46.6 Å². The zero-order chi connectivity index (χ0) is 16.7. The van der Waals surface area contributed by atoms with Crippen molar-refractivity contribution in [2.45, 2.75) is 13.0 Å². The smallest absolute Gasteiger partial charge is 0.235 e. The summed E-state index contributed by atoms with van der Waals surface area (Å²) in [4.78, 5) is 9.23. The average Bonchev–Trinajstić information content (AvgIpc) is 3.09. The molecule has 1 aliphatic heterocycles. The van der Waals surface area contributed by atoms with E-state index in [2.05, 4.69) is 41.4 Å². The minimum absolute atomic E-state index is 0.133. The van der Waals surface area contributed by atoms with Gasteiger partial charge in [0.25, 0.3) is 0 Å². The molecular weight excluding hydrogens is 322 g/mol. The van der Waals surface area contributed by atoms with E-state index in [1.807, 2.05) is 13.0 Å². The number of nitrogens with one attached hydrogen (secondary N) is 2. The summed E-state index contributed by atoms with van der Waals surface area (Å²) in [6.45, 7) is 6.34. The van der Waals surface area contributed by atoms with Gasteiger partial charge in [-0.2, -0.15) is 4.52 Å². The van der Waals surface area contributed by atoms with Crippen LogP contribution in [-0.4, -0.2) is 52.9 Å². The third-order valence-corrected chi connectivity index (χ3v) is 5.94. The summed E-state index contributed by atoms with van der Waals surface area (Å²) in [5, 5.41) is 15.1. The number of piperazine rings is 1. The Morgan fingerprint density at radius 2 is 1.88 bits per heavy atom. The van der Waals surface area contributed by atoms with Crippen LogP contribution in [0.4, 0.5) is 0 Å². The number of likely N-dealkylation sites (N-methyl/N-ethyl adjacent to an activating group) is 1. The first-order chi connectivity index (χ1) is 11.6. The lowest BCUT2D eigenvalue weighted by molar-refractivity contribution is -1.02. The second-order valence-corrected chi connectivity index (χ2v) is 7.61. The maximum Gasteiger partial charge on any atom is 0.235 e.